The number of nitrogens with one attached hydrogen (secondary N) is 1. The lowest BCUT2D eigenvalue weighted by atomic mass is 10.0. The first-order chi connectivity index (χ1) is 9.33. The molecule has 0 saturated carbocycles. The molecule has 1 saturated heterocycles. The van der Waals surface area contributed by atoms with E-state index in [2.05, 4.69) is 35.3 Å². The molecule has 1 N–H and O–H groups in total. The molecule has 0 aliphatic carbocycles. The predicted molar refractivity (Wildman–Crippen MR) is 77.7 cm³/mol. The van der Waals surface area contributed by atoms with Gasteiger partial charge in [0.2, 0.25) is 0 Å². The van der Waals surface area contributed by atoms with Gasteiger partial charge in [0.25, 0.3) is 0 Å². The van der Waals surface area contributed by atoms with Gasteiger partial charge in [0, 0.05) is 12.6 Å². The normalized spacial score (nSPS) is 16.5. The Bertz CT molecular complexity index is 413. The Balaban J connectivity index is 2.00. The van der Waals surface area contributed by atoms with Gasteiger partial charge in [-0.15, -0.1) is 0 Å². The number of hydrogen-bond acceptors (Lipinski definition) is 3. The predicted octanol–water partition coefficient (Wildman–Crippen LogP) is 2.52. The SMILES string of the molecule is CCCN(Cc1ccc(C#N)cc1)C1CCNCC1. The monoisotopic (exact) mass is 257 g/mol. The van der Waals surface area contributed by atoms with Crippen molar-refractivity contribution in [1.29, 1.82) is 5.26 Å². The largest absolute Gasteiger partial charge is 0.317 e. The van der Waals surface area contributed by atoms with Gasteiger partial charge in [-0.3, -0.25) is 4.90 Å². The Labute approximate surface area is 116 Å². The van der Waals surface area contributed by atoms with Crippen molar-refractivity contribution in [3.63, 3.8) is 0 Å². The van der Waals surface area contributed by atoms with Crippen molar-refractivity contribution < 1.29 is 0 Å². The van der Waals surface area contributed by atoms with Gasteiger partial charge in [0.15, 0.2) is 0 Å². The summed E-state index contributed by atoms with van der Waals surface area (Å²) >= 11 is 0. The van der Waals surface area contributed by atoms with E-state index in [1.165, 1.54) is 24.8 Å². The summed E-state index contributed by atoms with van der Waals surface area (Å²) in [5.74, 6) is 0. The van der Waals surface area contributed by atoms with E-state index in [9.17, 15) is 0 Å². The van der Waals surface area contributed by atoms with Crippen LogP contribution in [0.15, 0.2) is 24.3 Å². The van der Waals surface area contributed by atoms with Crippen LogP contribution in [0.5, 0.6) is 0 Å². The summed E-state index contributed by atoms with van der Waals surface area (Å²) in [6, 6.07) is 10.9. The van der Waals surface area contributed by atoms with Crippen molar-refractivity contribution in [3.8, 4) is 6.07 Å². The molecule has 1 aromatic carbocycles. The third-order valence-electron chi connectivity index (χ3n) is 3.80. The van der Waals surface area contributed by atoms with Crippen molar-refractivity contribution in [2.75, 3.05) is 19.6 Å². The van der Waals surface area contributed by atoms with Crippen LogP contribution in [0.1, 0.15) is 37.3 Å². The smallest absolute Gasteiger partial charge is 0.0991 e. The van der Waals surface area contributed by atoms with Crippen LogP contribution in [0.2, 0.25) is 0 Å². The number of hydrogen-bond donors (Lipinski definition) is 1. The van der Waals surface area contributed by atoms with Gasteiger partial charge in [-0.05, 0) is 56.6 Å². The molecule has 0 atom stereocenters. The fourth-order valence-corrected chi connectivity index (χ4v) is 2.77. The number of rotatable bonds is 5. The minimum absolute atomic E-state index is 0.705. The highest BCUT2D eigenvalue weighted by Crippen LogP contribution is 2.16. The van der Waals surface area contributed by atoms with Gasteiger partial charge in [0.1, 0.15) is 0 Å². The van der Waals surface area contributed by atoms with Crippen molar-refractivity contribution in [1.82, 2.24) is 10.2 Å². The van der Waals surface area contributed by atoms with E-state index < -0.39 is 0 Å². The second-order valence-electron chi connectivity index (χ2n) is 5.26. The molecule has 1 heterocycles. The van der Waals surface area contributed by atoms with E-state index >= 15 is 0 Å². The molecule has 0 spiro atoms. The Morgan fingerprint density at radius 1 is 1.26 bits per heavy atom. The maximum atomic E-state index is 8.83. The first-order valence-corrected chi connectivity index (χ1v) is 7.27. The zero-order valence-corrected chi connectivity index (χ0v) is 11.7. The molecule has 19 heavy (non-hydrogen) atoms. The van der Waals surface area contributed by atoms with Crippen LogP contribution in [-0.4, -0.2) is 30.6 Å². The van der Waals surface area contributed by atoms with Gasteiger partial charge >= 0.3 is 0 Å². The van der Waals surface area contributed by atoms with E-state index in [1.807, 2.05) is 12.1 Å². The molecule has 2 rings (SSSR count). The number of benzene rings is 1. The van der Waals surface area contributed by atoms with Gasteiger partial charge in [-0.25, -0.2) is 0 Å². The molecule has 0 unspecified atom stereocenters. The van der Waals surface area contributed by atoms with E-state index in [1.54, 1.807) is 0 Å². The summed E-state index contributed by atoms with van der Waals surface area (Å²) in [6.07, 6.45) is 3.69. The van der Waals surface area contributed by atoms with Crippen LogP contribution in [0.4, 0.5) is 0 Å². The fraction of sp³-hybridized carbons (Fsp3) is 0.562. The second-order valence-corrected chi connectivity index (χ2v) is 5.26. The molecule has 1 aliphatic rings. The Morgan fingerprint density at radius 3 is 2.53 bits per heavy atom. The molecule has 102 valence electrons. The van der Waals surface area contributed by atoms with Crippen LogP contribution in [0.3, 0.4) is 0 Å². The average molecular weight is 257 g/mol. The number of nitrogens with zero attached hydrogens (tertiary/aromatic N) is 2. The van der Waals surface area contributed by atoms with E-state index in [0.29, 0.717) is 6.04 Å². The Hall–Kier alpha value is -1.37. The molecular formula is C16H23N3. The maximum Gasteiger partial charge on any atom is 0.0991 e. The van der Waals surface area contributed by atoms with Crippen LogP contribution < -0.4 is 5.32 Å². The van der Waals surface area contributed by atoms with Crippen molar-refractivity contribution in [3.05, 3.63) is 35.4 Å². The first-order valence-electron chi connectivity index (χ1n) is 7.27. The summed E-state index contributed by atoms with van der Waals surface area (Å²) in [4.78, 5) is 2.60. The zero-order chi connectivity index (χ0) is 13.5. The molecule has 1 aromatic rings. The maximum absolute atomic E-state index is 8.83. The highest BCUT2D eigenvalue weighted by atomic mass is 15.2. The van der Waals surface area contributed by atoms with Crippen molar-refractivity contribution in [2.24, 2.45) is 0 Å². The summed E-state index contributed by atoms with van der Waals surface area (Å²) < 4.78 is 0. The standard InChI is InChI=1S/C16H23N3/c1-2-11-19(16-7-9-18-10-8-16)13-15-5-3-14(12-17)4-6-15/h3-6,16,18H,2,7-11,13H2,1H3. The lowest BCUT2D eigenvalue weighted by Gasteiger charge is -2.34. The molecule has 0 bridgehead atoms. The van der Waals surface area contributed by atoms with E-state index in [-0.39, 0.29) is 0 Å². The summed E-state index contributed by atoms with van der Waals surface area (Å²) in [7, 11) is 0. The Kier molecular flexibility index (Phi) is 5.38. The minimum Gasteiger partial charge on any atom is -0.317 e. The zero-order valence-electron chi connectivity index (χ0n) is 11.7. The summed E-state index contributed by atoms with van der Waals surface area (Å²) in [5.41, 5.74) is 2.05. The molecule has 0 aromatic heterocycles. The summed E-state index contributed by atoms with van der Waals surface area (Å²) in [6.45, 7) is 6.68. The third-order valence-corrected chi connectivity index (χ3v) is 3.80. The molecule has 1 fully saturated rings. The van der Waals surface area contributed by atoms with E-state index in [0.717, 1.165) is 31.7 Å². The molecule has 3 nitrogen and oxygen atoms in total. The number of piperidine rings is 1. The molecule has 1 aliphatic heterocycles. The topological polar surface area (TPSA) is 39.1 Å². The van der Waals surface area contributed by atoms with Crippen LogP contribution >= 0.6 is 0 Å². The van der Waals surface area contributed by atoms with Gasteiger partial charge in [-0.2, -0.15) is 5.26 Å². The van der Waals surface area contributed by atoms with Crippen LogP contribution in [0, 0.1) is 11.3 Å². The molecule has 0 radical (unpaired) electrons. The average Bonchev–Trinajstić information content (AvgIpc) is 2.48. The van der Waals surface area contributed by atoms with Crippen LogP contribution in [-0.2, 0) is 6.54 Å². The van der Waals surface area contributed by atoms with Gasteiger partial charge in [0.05, 0.1) is 11.6 Å². The molecule has 0 amide bonds. The van der Waals surface area contributed by atoms with E-state index in [4.69, 9.17) is 5.26 Å². The third kappa shape index (κ3) is 4.05. The lowest BCUT2D eigenvalue weighted by Crippen LogP contribution is -2.43. The minimum atomic E-state index is 0.705. The molecule has 3 heteroatoms. The lowest BCUT2D eigenvalue weighted by molar-refractivity contribution is 0.154. The number of nitriles is 1. The van der Waals surface area contributed by atoms with Gasteiger partial charge in [-0.1, -0.05) is 19.1 Å². The first kappa shape index (κ1) is 14.0. The molecular weight excluding hydrogens is 234 g/mol. The quantitative estimate of drug-likeness (QED) is 0.881. The highest BCUT2D eigenvalue weighted by molar-refractivity contribution is 5.31. The Morgan fingerprint density at radius 2 is 1.95 bits per heavy atom. The fourth-order valence-electron chi connectivity index (χ4n) is 2.77. The second kappa shape index (κ2) is 7.28. The highest BCUT2D eigenvalue weighted by Gasteiger charge is 2.20. The van der Waals surface area contributed by atoms with Crippen LogP contribution in [0.25, 0.3) is 0 Å². The van der Waals surface area contributed by atoms with Crippen molar-refractivity contribution >= 4 is 0 Å². The van der Waals surface area contributed by atoms with Gasteiger partial charge < -0.3 is 5.32 Å². The summed E-state index contributed by atoms with van der Waals surface area (Å²) in [5, 5.41) is 12.3. The van der Waals surface area contributed by atoms with Crippen molar-refractivity contribution in [2.45, 2.75) is 38.8 Å².